The number of anilines is 1. The molecule has 0 aromatic heterocycles. The molecule has 2 N–H and O–H groups in total. The zero-order valence-electron chi connectivity index (χ0n) is 21.6. The molecule has 192 valence electrons. The number of benzene rings is 2. The van der Waals surface area contributed by atoms with Crippen LogP contribution in [0, 0.1) is 0 Å². The second-order valence-electron chi connectivity index (χ2n) is 10.2. The molecule has 0 aliphatic rings. The molecule has 1 amide bonds. The lowest BCUT2D eigenvalue weighted by molar-refractivity contribution is -0.0455. The van der Waals surface area contributed by atoms with E-state index in [2.05, 4.69) is 0 Å². The standard InChI is InChI=1S/C27H38N2O6/c1-26(2,3)34-24(30)29(17-16-20-12-14-21(28)15-13-20)18-23(33-25(31)35-27(4,5)6)19-32-22-10-8-7-9-11-22/h7-15,23H,16-19,28H2,1-6H3. The zero-order valence-corrected chi connectivity index (χ0v) is 21.6. The van der Waals surface area contributed by atoms with Crippen molar-refractivity contribution >= 4 is 17.9 Å². The van der Waals surface area contributed by atoms with Crippen LogP contribution in [0.1, 0.15) is 47.1 Å². The van der Waals surface area contributed by atoms with Gasteiger partial charge in [0.15, 0.2) is 6.10 Å². The molecule has 0 aliphatic heterocycles. The number of nitrogens with zero attached hydrogens (tertiary/aromatic N) is 1. The van der Waals surface area contributed by atoms with Gasteiger partial charge >= 0.3 is 12.2 Å². The van der Waals surface area contributed by atoms with E-state index in [0.717, 1.165) is 5.56 Å². The normalized spacial score (nSPS) is 12.4. The maximum atomic E-state index is 13.0. The molecule has 1 unspecified atom stereocenters. The molecule has 35 heavy (non-hydrogen) atoms. The third kappa shape index (κ3) is 11.5. The Morgan fingerprint density at radius 2 is 1.49 bits per heavy atom. The minimum Gasteiger partial charge on any atom is -0.490 e. The van der Waals surface area contributed by atoms with Gasteiger partial charge in [0.2, 0.25) is 0 Å². The molecule has 0 bridgehead atoms. The second-order valence-corrected chi connectivity index (χ2v) is 10.2. The SMILES string of the molecule is CC(C)(C)OC(=O)OC(COc1ccccc1)CN(CCc1ccc(N)cc1)C(=O)OC(C)(C)C. The van der Waals surface area contributed by atoms with Crippen molar-refractivity contribution in [2.24, 2.45) is 0 Å². The van der Waals surface area contributed by atoms with Crippen LogP contribution >= 0.6 is 0 Å². The van der Waals surface area contributed by atoms with Gasteiger partial charge in [-0.15, -0.1) is 0 Å². The Bertz CT molecular complexity index is 933. The highest BCUT2D eigenvalue weighted by atomic mass is 16.7. The van der Waals surface area contributed by atoms with Gasteiger partial charge in [-0.05, 0) is 77.8 Å². The Labute approximate surface area is 208 Å². The van der Waals surface area contributed by atoms with Crippen molar-refractivity contribution < 1.29 is 28.5 Å². The van der Waals surface area contributed by atoms with Crippen molar-refractivity contribution in [1.82, 2.24) is 4.90 Å². The lowest BCUT2D eigenvalue weighted by Gasteiger charge is -2.30. The van der Waals surface area contributed by atoms with Gasteiger partial charge in [-0.25, -0.2) is 9.59 Å². The van der Waals surface area contributed by atoms with E-state index < -0.39 is 29.6 Å². The van der Waals surface area contributed by atoms with Crippen molar-refractivity contribution in [3.8, 4) is 5.75 Å². The van der Waals surface area contributed by atoms with Crippen LogP contribution in [0.3, 0.4) is 0 Å². The summed E-state index contributed by atoms with van der Waals surface area (Å²) in [5, 5.41) is 0. The van der Waals surface area contributed by atoms with E-state index in [-0.39, 0.29) is 13.2 Å². The Kier molecular flexibility index (Phi) is 9.80. The molecule has 2 aromatic carbocycles. The first-order chi connectivity index (χ1) is 16.3. The molecule has 0 saturated carbocycles. The Balaban J connectivity index is 2.18. The minimum absolute atomic E-state index is 0.0322. The van der Waals surface area contributed by atoms with Crippen LogP contribution in [-0.2, 0) is 20.6 Å². The first kappa shape index (κ1) is 27.8. The van der Waals surface area contributed by atoms with Crippen LogP contribution < -0.4 is 10.5 Å². The highest BCUT2D eigenvalue weighted by Crippen LogP contribution is 2.16. The number of nitrogens with two attached hydrogens (primary N) is 1. The molecule has 2 aromatic rings. The average molecular weight is 487 g/mol. The maximum absolute atomic E-state index is 13.0. The van der Waals surface area contributed by atoms with Crippen molar-refractivity contribution in [3.05, 3.63) is 60.2 Å². The number of para-hydroxylation sites is 1. The predicted molar refractivity (Wildman–Crippen MR) is 135 cm³/mol. The van der Waals surface area contributed by atoms with Crippen LogP contribution in [0.25, 0.3) is 0 Å². The van der Waals surface area contributed by atoms with E-state index in [4.69, 9.17) is 24.7 Å². The maximum Gasteiger partial charge on any atom is 0.509 e. The summed E-state index contributed by atoms with van der Waals surface area (Å²) in [6.07, 6.45) is -1.56. The molecule has 0 fully saturated rings. The number of hydrogen-bond donors (Lipinski definition) is 1. The summed E-state index contributed by atoms with van der Waals surface area (Å²) in [5.74, 6) is 0.621. The first-order valence-corrected chi connectivity index (χ1v) is 11.7. The molecule has 8 heteroatoms. The average Bonchev–Trinajstić information content (AvgIpc) is 2.74. The van der Waals surface area contributed by atoms with Gasteiger partial charge in [-0.1, -0.05) is 30.3 Å². The van der Waals surface area contributed by atoms with Gasteiger partial charge in [0.25, 0.3) is 0 Å². The van der Waals surface area contributed by atoms with Crippen molar-refractivity contribution in [2.75, 3.05) is 25.4 Å². The Hall–Kier alpha value is -3.42. The van der Waals surface area contributed by atoms with Crippen molar-refractivity contribution in [3.63, 3.8) is 0 Å². The van der Waals surface area contributed by atoms with Gasteiger partial charge in [-0.3, -0.25) is 0 Å². The number of ether oxygens (including phenoxy) is 4. The quantitative estimate of drug-likeness (QED) is 0.372. The molecular formula is C27H38N2O6. The fourth-order valence-corrected chi connectivity index (χ4v) is 3.02. The monoisotopic (exact) mass is 486 g/mol. The summed E-state index contributed by atoms with van der Waals surface area (Å²) < 4.78 is 22.3. The van der Waals surface area contributed by atoms with Gasteiger partial charge in [0, 0.05) is 12.2 Å². The molecule has 0 radical (unpaired) electrons. The third-order valence-electron chi connectivity index (χ3n) is 4.56. The molecule has 0 heterocycles. The summed E-state index contributed by atoms with van der Waals surface area (Å²) in [4.78, 5) is 27.0. The Morgan fingerprint density at radius 1 is 0.886 bits per heavy atom. The zero-order chi connectivity index (χ0) is 26.1. The third-order valence-corrected chi connectivity index (χ3v) is 4.56. The smallest absolute Gasteiger partial charge is 0.490 e. The van der Waals surface area contributed by atoms with Crippen molar-refractivity contribution in [1.29, 1.82) is 0 Å². The van der Waals surface area contributed by atoms with E-state index in [1.807, 2.05) is 42.5 Å². The molecule has 0 saturated heterocycles. The van der Waals surface area contributed by atoms with E-state index in [1.54, 1.807) is 53.7 Å². The number of rotatable bonds is 9. The summed E-state index contributed by atoms with van der Waals surface area (Å²) >= 11 is 0. The van der Waals surface area contributed by atoms with E-state index in [1.165, 1.54) is 4.90 Å². The van der Waals surface area contributed by atoms with Gasteiger partial charge < -0.3 is 29.6 Å². The lowest BCUT2D eigenvalue weighted by atomic mass is 10.1. The second kappa shape index (κ2) is 12.3. The fourth-order valence-electron chi connectivity index (χ4n) is 3.02. The van der Waals surface area contributed by atoms with Gasteiger partial charge in [0.05, 0.1) is 6.54 Å². The largest absolute Gasteiger partial charge is 0.509 e. The van der Waals surface area contributed by atoms with Gasteiger partial charge in [0.1, 0.15) is 23.6 Å². The minimum atomic E-state index is -0.832. The predicted octanol–water partition coefficient (Wildman–Crippen LogP) is 5.45. The Morgan fingerprint density at radius 3 is 2.06 bits per heavy atom. The molecule has 8 nitrogen and oxygen atoms in total. The molecule has 2 rings (SSSR count). The first-order valence-electron chi connectivity index (χ1n) is 11.7. The summed E-state index contributed by atoms with van der Waals surface area (Å²) in [7, 11) is 0. The summed E-state index contributed by atoms with van der Waals surface area (Å²) in [5.41, 5.74) is 6.06. The molecular weight excluding hydrogens is 448 g/mol. The van der Waals surface area contributed by atoms with Gasteiger partial charge in [-0.2, -0.15) is 0 Å². The number of carbonyl (C=O) groups excluding carboxylic acids is 2. The highest BCUT2D eigenvalue weighted by Gasteiger charge is 2.28. The topological polar surface area (TPSA) is 100 Å². The van der Waals surface area contributed by atoms with Crippen molar-refractivity contribution in [2.45, 2.75) is 65.3 Å². The number of amides is 1. The highest BCUT2D eigenvalue weighted by molar-refractivity contribution is 5.68. The lowest BCUT2D eigenvalue weighted by Crippen LogP contribution is -2.45. The summed E-state index contributed by atoms with van der Waals surface area (Å²) in [6, 6.07) is 16.6. The van der Waals surface area contributed by atoms with Crippen LogP contribution in [0.15, 0.2) is 54.6 Å². The molecule has 0 spiro atoms. The van der Waals surface area contributed by atoms with Crippen LogP contribution in [0.2, 0.25) is 0 Å². The fraction of sp³-hybridized carbons (Fsp3) is 0.481. The van der Waals surface area contributed by atoms with E-state index in [0.29, 0.717) is 24.4 Å². The van der Waals surface area contributed by atoms with Crippen LogP contribution in [0.5, 0.6) is 5.75 Å². The van der Waals surface area contributed by atoms with E-state index >= 15 is 0 Å². The summed E-state index contributed by atoms with van der Waals surface area (Å²) in [6.45, 7) is 11.1. The van der Waals surface area contributed by atoms with Crippen LogP contribution in [-0.4, -0.2) is 54.2 Å². The molecule has 0 aliphatic carbocycles. The number of hydrogen-bond acceptors (Lipinski definition) is 7. The van der Waals surface area contributed by atoms with Crippen LogP contribution in [0.4, 0.5) is 15.3 Å². The number of nitrogen functional groups attached to an aromatic ring is 1. The number of carbonyl (C=O) groups is 2. The molecule has 1 atom stereocenters. The van der Waals surface area contributed by atoms with E-state index in [9.17, 15) is 9.59 Å².